The third kappa shape index (κ3) is 2.41. The maximum absolute atomic E-state index is 12.8. The van der Waals surface area contributed by atoms with Crippen molar-refractivity contribution in [2.75, 3.05) is 7.11 Å². The summed E-state index contributed by atoms with van der Waals surface area (Å²) in [5.74, 6) is -1.30. The van der Waals surface area contributed by atoms with Crippen LogP contribution in [0.15, 0.2) is 12.1 Å². The van der Waals surface area contributed by atoms with Gasteiger partial charge in [-0.3, -0.25) is 14.9 Å². The van der Waals surface area contributed by atoms with Crippen LogP contribution in [-0.4, -0.2) is 17.8 Å². The molecule has 1 aromatic carbocycles. The highest BCUT2D eigenvalue weighted by Gasteiger charge is 2.43. The van der Waals surface area contributed by atoms with Gasteiger partial charge >= 0.3 is 6.18 Å². The van der Waals surface area contributed by atoms with E-state index in [1.54, 1.807) is 0 Å². The first kappa shape index (κ1) is 13.9. The van der Waals surface area contributed by atoms with Crippen molar-refractivity contribution in [3.8, 4) is 5.75 Å². The van der Waals surface area contributed by atoms with E-state index in [0.29, 0.717) is 6.07 Å². The maximum Gasteiger partial charge on any atom is 0.423 e. The zero-order chi connectivity index (χ0) is 14.1. The maximum atomic E-state index is 12.8. The van der Waals surface area contributed by atoms with E-state index in [9.17, 15) is 28.1 Å². The van der Waals surface area contributed by atoms with Gasteiger partial charge in [0.15, 0.2) is 5.78 Å². The van der Waals surface area contributed by atoms with E-state index in [-0.39, 0.29) is 5.75 Å². The van der Waals surface area contributed by atoms with E-state index in [2.05, 4.69) is 4.74 Å². The van der Waals surface area contributed by atoms with E-state index < -0.39 is 33.7 Å². The molecule has 98 valence electrons. The molecule has 0 aliphatic rings. The van der Waals surface area contributed by atoms with Crippen LogP contribution in [0.3, 0.4) is 0 Å². The predicted octanol–water partition coefficient (Wildman–Crippen LogP) is 2.82. The number of carbonyl (C=O) groups is 1. The highest BCUT2D eigenvalue weighted by Crippen LogP contribution is 2.42. The fourth-order valence-electron chi connectivity index (χ4n) is 1.53. The summed E-state index contributed by atoms with van der Waals surface area (Å²) in [4.78, 5) is 20.7. The summed E-state index contributed by atoms with van der Waals surface area (Å²) in [5.41, 5.74) is -3.59. The summed E-state index contributed by atoms with van der Waals surface area (Å²) in [5, 5.41) is 10.6. The largest absolute Gasteiger partial charge is 0.496 e. The molecule has 0 aromatic heterocycles. The smallest absolute Gasteiger partial charge is 0.423 e. The number of nitro benzene ring substituents is 1. The second-order valence-electron chi connectivity index (χ2n) is 3.35. The first-order chi connectivity index (χ1) is 8.20. The summed E-state index contributed by atoms with van der Waals surface area (Å²) >= 11 is 0. The minimum absolute atomic E-state index is 0.347. The molecule has 0 radical (unpaired) electrons. The molecule has 8 heteroatoms. The van der Waals surface area contributed by atoms with Gasteiger partial charge in [-0.25, -0.2) is 0 Å². The zero-order valence-corrected chi connectivity index (χ0v) is 9.37. The molecule has 5 nitrogen and oxygen atoms in total. The predicted molar refractivity (Wildman–Crippen MR) is 54.7 cm³/mol. The second-order valence-corrected chi connectivity index (χ2v) is 3.35. The summed E-state index contributed by atoms with van der Waals surface area (Å²) in [6.07, 6.45) is -5.02. The number of nitro groups is 1. The lowest BCUT2D eigenvalue weighted by Gasteiger charge is -2.14. The first-order valence-corrected chi connectivity index (χ1v) is 4.63. The van der Waals surface area contributed by atoms with Crippen molar-refractivity contribution in [3.63, 3.8) is 0 Å². The van der Waals surface area contributed by atoms with Gasteiger partial charge in [-0.2, -0.15) is 13.2 Å². The molecule has 0 unspecified atom stereocenters. The quantitative estimate of drug-likeness (QED) is 0.477. The van der Waals surface area contributed by atoms with Crippen molar-refractivity contribution in [1.29, 1.82) is 0 Å². The number of Topliss-reactive ketones (excluding diaryl/α,β-unsaturated/α-hetero) is 1. The number of alkyl halides is 3. The standard InChI is InChI=1S/C10H8F3NO4/c1-5(15)8-7(18-2)4-3-6(14(16)17)9(8)10(11,12)13/h3-4H,1-2H3. The Morgan fingerprint density at radius 1 is 1.39 bits per heavy atom. The normalized spacial score (nSPS) is 11.2. The van der Waals surface area contributed by atoms with E-state index >= 15 is 0 Å². The fourth-order valence-corrected chi connectivity index (χ4v) is 1.53. The monoisotopic (exact) mass is 263 g/mol. The Hall–Kier alpha value is -2.12. The van der Waals surface area contributed by atoms with Crippen molar-refractivity contribution in [3.05, 3.63) is 33.4 Å². The van der Waals surface area contributed by atoms with Gasteiger partial charge < -0.3 is 4.74 Å². The molecular formula is C10H8F3NO4. The number of nitrogens with zero attached hydrogens (tertiary/aromatic N) is 1. The van der Waals surface area contributed by atoms with Crippen LogP contribution in [0.5, 0.6) is 5.75 Å². The Bertz CT molecular complexity index is 511. The number of halogens is 3. The van der Waals surface area contributed by atoms with Gasteiger partial charge in [0, 0.05) is 6.07 Å². The Morgan fingerprint density at radius 3 is 2.28 bits per heavy atom. The van der Waals surface area contributed by atoms with Crippen LogP contribution in [0.25, 0.3) is 0 Å². The van der Waals surface area contributed by atoms with Crippen LogP contribution in [0.1, 0.15) is 22.8 Å². The van der Waals surface area contributed by atoms with Crippen molar-refractivity contribution in [1.82, 2.24) is 0 Å². The average molecular weight is 263 g/mol. The molecule has 0 fully saturated rings. The minimum Gasteiger partial charge on any atom is -0.496 e. The van der Waals surface area contributed by atoms with Gasteiger partial charge in [0.2, 0.25) is 0 Å². The Labute approximate surface area is 99.3 Å². The lowest BCUT2D eigenvalue weighted by atomic mass is 10.0. The molecular weight excluding hydrogens is 255 g/mol. The van der Waals surface area contributed by atoms with Gasteiger partial charge in [-0.1, -0.05) is 0 Å². The molecule has 0 heterocycles. The number of methoxy groups -OCH3 is 1. The summed E-state index contributed by atoms with van der Waals surface area (Å²) in [6, 6.07) is 1.62. The molecule has 0 N–H and O–H groups in total. The molecule has 18 heavy (non-hydrogen) atoms. The minimum atomic E-state index is -5.02. The topological polar surface area (TPSA) is 69.4 Å². The van der Waals surface area contributed by atoms with Crippen LogP contribution in [-0.2, 0) is 6.18 Å². The number of rotatable bonds is 3. The molecule has 0 bridgehead atoms. The zero-order valence-electron chi connectivity index (χ0n) is 9.37. The van der Waals surface area contributed by atoms with Gasteiger partial charge in [0.05, 0.1) is 17.6 Å². The molecule has 1 aromatic rings. The third-order valence-corrected chi connectivity index (χ3v) is 2.20. The summed E-state index contributed by atoms with van der Waals surface area (Å²) in [6.45, 7) is 0.886. The van der Waals surface area contributed by atoms with Crippen LogP contribution in [0, 0.1) is 10.1 Å². The van der Waals surface area contributed by atoms with E-state index in [0.717, 1.165) is 20.1 Å². The second kappa shape index (κ2) is 4.63. The molecule has 0 saturated carbocycles. The van der Waals surface area contributed by atoms with E-state index in [4.69, 9.17) is 0 Å². The highest BCUT2D eigenvalue weighted by molar-refractivity contribution is 5.99. The number of hydrogen-bond acceptors (Lipinski definition) is 4. The molecule has 0 saturated heterocycles. The Kier molecular flexibility index (Phi) is 3.59. The average Bonchev–Trinajstić information content (AvgIpc) is 2.25. The first-order valence-electron chi connectivity index (χ1n) is 4.63. The number of benzene rings is 1. The lowest BCUT2D eigenvalue weighted by Crippen LogP contribution is -2.15. The Balaban J connectivity index is 3.77. The number of carbonyl (C=O) groups excluding carboxylic acids is 1. The molecule has 0 amide bonds. The Morgan fingerprint density at radius 2 is 1.94 bits per heavy atom. The third-order valence-electron chi connectivity index (χ3n) is 2.20. The number of ketones is 1. The molecule has 0 atom stereocenters. The summed E-state index contributed by atoms with van der Waals surface area (Å²) in [7, 11) is 1.08. The molecule has 0 aliphatic carbocycles. The van der Waals surface area contributed by atoms with Crippen molar-refractivity contribution >= 4 is 11.5 Å². The van der Waals surface area contributed by atoms with Gasteiger partial charge in [0.25, 0.3) is 5.69 Å². The van der Waals surface area contributed by atoms with Crippen LogP contribution in [0.4, 0.5) is 18.9 Å². The van der Waals surface area contributed by atoms with Crippen molar-refractivity contribution in [2.45, 2.75) is 13.1 Å². The number of ether oxygens (including phenoxy) is 1. The van der Waals surface area contributed by atoms with Crippen molar-refractivity contribution in [2.24, 2.45) is 0 Å². The van der Waals surface area contributed by atoms with Crippen LogP contribution < -0.4 is 4.74 Å². The van der Waals surface area contributed by atoms with Crippen molar-refractivity contribution < 1.29 is 27.6 Å². The molecule has 1 rings (SSSR count). The number of hydrogen-bond donors (Lipinski definition) is 0. The van der Waals surface area contributed by atoms with Gasteiger partial charge in [0.1, 0.15) is 11.3 Å². The molecule has 0 aliphatic heterocycles. The summed E-state index contributed by atoms with van der Waals surface area (Å²) < 4.78 is 43.1. The van der Waals surface area contributed by atoms with Gasteiger partial charge in [-0.15, -0.1) is 0 Å². The van der Waals surface area contributed by atoms with Crippen LogP contribution in [0.2, 0.25) is 0 Å². The fraction of sp³-hybridized carbons (Fsp3) is 0.300. The SMILES string of the molecule is COc1ccc([N+](=O)[O-])c(C(F)(F)F)c1C(C)=O. The van der Waals surface area contributed by atoms with E-state index in [1.807, 2.05) is 0 Å². The van der Waals surface area contributed by atoms with E-state index in [1.165, 1.54) is 0 Å². The van der Waals surface area contributed by atoms with Crippen LogP contribution >= 0.6 is 0 Å². The lowest BCUT2D eigenvalue weighted by molar-refractivity contribution is -0.388. The molecule has 0 spiro atoms. The highest BCUT2D eigenvalue weighted by atomic mass is 19.4. The van der Waals surface area contributed by atoms with Gasteiger partial charge in [-0.05, 0) is 13.0 Å².